The van der Waals surface area contributed by atoms with Crippen molar-refractivity contribution in [3.05, 3.63) is 40.9 Å². The van der Waals surface area contributed by atoms with Crippen molar-refractivity contribution >= 4 is 51.2 Å². The fourth-order valence-electron chi connectivity index (χ4n) is 5.68. The average Bonchev–Trinajstić information content (AvgIpc) is 3.34. The van der Waals surface area contributed by atoms with Crippen LogP contribution in [0.1, 0.15) is 31.7 Å². The molecule has 0 unspecified atom stereocenters. The van der Waals surface area contributed by atoms with E-state index in [0.717, 1.165) is 42.0 Å². The van der Waals surface area contributed by atoms with Crippen molar-refractivity contribution < 1.29 is 9.90 Å². The first kappa shape index (κ1) is 19.1. The van der Waals surface area contributed by atoms with Gasteiger partial charge in [-0.1, -0.05) is 23.2 Å². The summed E-state index contributed by atoms with van der Waals surface area (Å²) in [6, 6.07) is 1.68. The summed E-state index contributed by atoms with van der Waals surface area (Å²) >= 11 is 12.7. The Balaban J connectivity index is 1.53. The van der Waals surface area contributed by atoms with Gasteiger partial charge in [0.25, 0.3) is 0 Å². The summed E-state index contributed by atoms with van der Waals surface area (Å²) in [7, 11) is 0. The fraction of sp³-hybridized carbons (Fsp3) is 0.364. The summed E-state index contributed by atoms with van der Waals surface area (Å²) in [5, 5.41) is 12.6. The first-order valence-corrected chi connectivity index (χ1v) is 11.2. The number of fused-ring (bicyclic) bond motifs is 5. The Morgan fingerprint density at radius 1 is 1.10 bits per heavy atom. The molecular weight excluding hydrogens is 437 g/mol. The average molecular weight is 456 g/mol. The molecule has 2 bridgehead atoms. The molecule has 3 aliphatic carbocycles. The number of carboxylic acids is 1. The minimum atomic E-state index is -0.732. The van der Waals surface area contributed by atoms with E-state index in [0.29, 0.717) is 33.1 Å². The lowest BCUT2D eigenvalue weighted by Gasteiger charge is -2.47. The monoisotopic (exact) mass is 455 g/mol. The largest absolute Gasteiger partial charge is 0.481 e. The van der Waals surface area contributed by atoms with Crippen LogP contribution >= 0.6 is 23.2 Å². The molecule has 0 aromatic carbocycles. The van der Waals surface area contributed by atoms with Crippen LogP contribution in [0.2, 0.25) is 10.0 Å². The number of carbonyl (C=O) groups is 1. The van der Waals surface area contributed by atoms with Crippen LogP contribution in [-0.4, -0.2) is 35.6 Å². The molecule has 0 radical (unpaired) electrons. The Labute approximate surface area is 187 Å². The molecule has 4 aromatic heterocycles. The molecule has 158 valence electrons. The van der Waals surface area contributed by atoms with Gasteiger partial charge in [0.2, 0.25) is 0 Å². The summed E-state index contributed by atoms with van der Waals surface area (Å²) in [5.41, 5.74) is 2.16. The van der Waals surface area contributed by atoms with E-state index in [4.69, 9.17) is 28.2 Å². The maximum Gasteiger partial charge on any atom is 0.308 e. The SMILES string of the molecule is O=C(O)[C@@H]1C2CCC(CC2)[C@H]1n1cc(Cl)c2cnc(-c3c[nH]c4ncc(Cl)cc34)nc21. The van der Waals surface area contributed by atoms with Crippen LogP contribution in [0.15, 0.2) is 30.9 Å². The van der Waals surface area contributed by atoms with Gasteiger partial charge in [0.05, 0.1) is 27.4 Å². The zero-order valence-corrected chi connectivity index (χ0v) is 17.9. The number of nitrogens with zero attached hydrogens (tertiary/aromatic N) is 4. The molecule has 4 heterocycles. The van der Waals surface area contributed by atoms with E-state index in [9.17, 15) is 9.90 Å². The van der Waals surface area contributed by atoms with Gasteiger partial charge in [0.15, 0.2) is 5.82 Å². The lowest BCUT2D eigenvalue weighted by Crippen LogP contribution is -2.44. The zero-order valence-electron chi connectivity index (χ0n) is 16.4. The molecule has 31 heavy (non-hydrogen) atoms. The van der Waals surface area contributed by atoms with Gasteiger partial charge in [-0.3, -0.25) is 4.79 Å². The van der Waals surface area contributed by atoms with Gasteiger partial charge in [-0.2, -0.15) is 0 Å². The van der Waals surface area contributed by atoms with Gasteiger partial charge < -0.3 is 14.7 Å². The van der Waals surface area contributed by atoms with E-state index < -0.39 is 11.9 Å². The Bertz CT molecular complexity index is 1340. The third kappa shape index (κ3) is 2.87. The number of aromatic nitrogens is 5. The minimum absolute atomic E-state index is 0.151. The van der Waals surface area contributed by atoms with Crippen molar-refractivity contribution in [3.8, 4) is 11.4 Å². The number of rotatable bonds is 3. The third-order valence-electron chi connectivity index (χ3n) is 7.04. The molecule has 0 aliphatic heterocycles. The van der Waals surface area contributed by atoms with E-state index in [1.807, 2.05) is 23.0 Å². The van der Waals surface area contributed by atoms with Gasteiger partial charge in [0.1, 0.15) is 11.3 Å². The number of aromatic amines is 1. The molecule has 7 rings (SSSR count). The maximum atomic E-state index is 12.2. The van der Waals surface area contributed by atoms with Gasteiger partial charge in [-0.15, -0.1) is 0 Å². The lowest BCUT2D eigenvalue weighted by atomic mass is 9.61. The van der Waals surface area contributed by atoms with Crippen molar-refractivity contribution in [2.75, 3.05) is 0 Å². The van der Waals surface area contributed by atoms with Crippen LogP contribution in [0.3, 0.4) is 0 Å². The Kier molecular flexibility index (Phi) is 4.27. The van der Waals surface area contributed by atoms with E-state index in [-0.39, 0.29) is 12.0 Å². The summed E-state index contributed by atoms with van der Waals surface area (Å²) < 4.78 is 2.00. The van der Waals surface area contributed by atoms with Crippen molar-refractivity contribution in [3.63, 3.8) is 0 Å². The summed E-state index contributed by atoms with van der Waals surface area (Å²) in [5.74, 6) is -0.122. The number of halogens is 2. The molecule has 0 saturated heterocycles. The van der Waals surface area contributed by atoms with Gasteiger partial charge >= 0.3 is 5.97 Å². The van der Waals surface area contributed by atoms with Crippen molar-refractivity contribution in [1.29, 1.82) is 0 Å². The molecule has 3 saturated carbocycles. The van der Waals surface area contributed by atoms with Crippen LogP contribution in [0.25, 0.3) is 33.5 Å². The minimum Gasteiger partial charge on any atom is -0.481 e. The Hall–Kier alpha value is -2.64. The number of hydrogen-bond donors (Lipinski definition) is 2. The van der Waals surface area contributed by atoms with E-state index >= 15 is 0 Å². The smallest absolute Gasteiger partial charge is 0.308 e. The second-order valence-electron chi connectivity index (χ2n) is 8.60. The summed E-state index contributed by atoms with van der Waals surface area (Å²) in [6.45, 7) is 0. The molecular formula is C22H19Cl2N5O2. The van der Waals surface area contributed by atoms with Gasteiger partial charge in [-0.05, 0) is 43.6 Å². The van der Waals surface area contributed by atoms with E-state index in [1.165, 1.54) is 0 Å². The highest BCUT2D eigenvalue weighted by atomic mass is 35.5. The topological polar surface area (TPSA) is 96.7 Å². The van der Waals surface area contributed by atoms with Crippen LogP contribution in [-0.2, 0) is 4.79 Å². The number of hydrogen-bond acceptors (Lipinski definition) is 4. The summed E-state index contributed by atoms with van der Waals surface area (Å²) in [4.78, 5) is 29.0. The highest BCUT2D eigenvalue weighted by Crippen LogP contribution is 2.52. The molecule has 7 nitrogen and oxygen atoms in total. The van der Waals surface area contributed by atoms with Crippen LogP contribution < -0.4 is 0 Å². The highest BCUT2D eigenvalue weighted by Gasteiger charge is 2.48. The number of carboxylic acid groups (broad SMARTS) is 1. The van der Waals surface area contributed by atoms with Crippen LogP contribution in [0.4, 0.5) is 0 Å². The molecule has 2 N–H and O–H groups in total. The predicted molar refractivity (Wildman–Crippen MR) is 118 cm³/mol. The Morgan fingerprint density at radius 2 is 1.87 bits per heavy atom. The Morgan fingerprint density at radius 3 is 2.65 bits per heavy atom. The first-order chi connectivity index (χ1) is 15.0. The summed E-state index contributed by atoms with van der Waals surface area (Å²) in [6.07, 6.45) is 11.0. The highest BCUT2D eigenvalue weighted by molar-refractivity contribution is 6.35. The van der Waals surface area contributed by atoms with Crippen LogP contribution in [0, 0.1) is 17.8 Å². The molecule has 0 amide bonds. The van der Waals surface area contributed by atoms with Gasteiger partial charge in [-0.25, -0.2) is 15.0 Å². The second kappa shape index (κ2) is 6.93. The normalized spacial score (nSPS) is 25.5. The van der Waals surface area contributed by atoms with Crippen molar-refractivity contribution in [1.82, 2.24) is 24.5 Å². The number of nitrogens with one attached hydrogen (secondary N) is 1. The van der Waals surface area contributed by atoms with Gasteiger partial charge in [0, 0.05) is 35.7 Å². The molecule has 9 heteroatoms. The quantitative estimate of drug-likeness (QED) is 0.434. The second-order valence-corrected chi connectivity index (χ2v) is 9.44. The zero-order chi connectivity index (χ0) is 21.3. The number of H-pyrrole nitrogens is 1. The van der Waals surface area contributed by atoms with E-state index in [1.54, 1.807) is 12.4 Å². The van der Waals surface area contributed by atoms with Crippen LogP contribution in [0.5, 0.6) is 0 Å². The fourth-order valence-corrected chi connectivity index (χ4v) is 6.07. The number of aliphatic carboxylic acids is 1. The molecule has 3 fully saturated rings. The standard InChI is InChI=1S/C22H19Cl2N5O2/c23-12-5-13-14(7-26-19(13)25-6-12)20-27-8-15-16(24)9-29(21(15)28-20)18-11-3-1-10(2-4-11)17(18)22(30)31/h5-11,17-18H,1-4H2,(H,25,26)(H,30,31)/t10?,11?,17-,18-/m1/s1. The molecule has 0 spiro atoms. The number of pyridine rings is 1. The van der Waals surface area contributed by atoms with Crippen molar-refractivity contribution in [2.45, 2.75) is 31.7 Å². The van der Waals surface area contributed by atoms with E-state index in [2.05, 4.69) is 15.0 Å². The molecule has 2 atom stereocenters. The molecule has 3 aliphatic rings. The third-order valence-corrected chi connectivity index (χ3v) is 7.55. The first-order valence-electron chi connectivity index (χ1n) is 10.4. The molecule has 4 aromatic rings. The lowest BCUT2D eigenvalue weighted by molar-refractivity contribution is -0.151. The maximum absolute atomic E-state index is 12.2. The van der Waals surface area contributed by atoms with Crippen molar-refractivity contribution in [2.24, 2.45) is 17.8 Å². The predicted octanol–water partition coefficient (Wildman–Crippen LogP) is 5.34.